The lowest BCUT2D eigenvalue weighted by molar-refractivity contribution is -0.123. The third kappa shape index (κ3) is 3.42. The van der Waals surface area contributed by atoms with Crippen LogP contribution in [0.5, 0.6) is 0 Å². The molecule has 11 heteroatoms. The van der Waals surface area contributed by atoms with Crippen molar-refractivity contribution < 1.29 is 23.2 Å². The number of imide groups is 1. The van der Waals surface area contributed by atoms with E-state index < -0.39 is 48.0 Å². The third-order valence-corrected chi connectivity index (χ3v) is 4.67. The van der Waals surface area contributed by atoms with Crippen LogP contribution in [-0.4, -0.2) is 41.4 Å². The fraction of sp³-hybridized carbons (Fsp3) is 0.167. The molecule has 8 nitrogen and oxygen atoms in total. The first kappa shape index (κ1) is 18.9. The maximum Gasteiger partial charge on any atom is 0.263 e. The lowest BCUT2D eigenvalue weighted by Crippen LogP contribution is -2.43. The molecule has 1 fully saturated rings. The van der Waals surface area contributed by atoms with Crippen LogP contribution < -0.4 is 10.2 Å². The van der Waals surface area contributed by atoms with Crippen molar-refractivity contribution in [1.82, 2.24) is 5.01 Å². The number of halogens is 3. The minimum atomic E-state index is -1.09. The SMILES string of the molecule is O=C(CN1N=N[C@H]2C(=O)N(c3cccc(Cl)c3)C(=O)[C@H]21)Nc1ccc(F)cc1F. The number of rotatable bonds is 4. The molecule has 2 aliphatic heterocycles. The van der Waals surface area contributed by atoms with E-state index in [0.29, 0.717) is 11.1 Å². The quantitative estimate of drug-likeness (QED) is 0.770. The lowest BCUT2D eigenvalue weighted by Gasteiger charge is -2.20. The second kappa shape index (κ2) is 7.21. The summed E-state index contributed by atoms with van der Waals surface area (Å²) in [6.45, 7) is -0.454. The standard InChI is InChI=1S/C18H12ClF2N5O3/c19-9-2-1-3-11(6-9)26-17(28)15-16(18(26)29)25(24-23-15)8-14(27)22-13-5-4-10(20)7-12(13)21/h1-7,15-16H,8H2,(H,22,27)/t15-,16+/m1/s1. The molecule has 29 heavy (non-hydrogen) atoms. The van der Waals surface area contributed by atoms with Crippen molar-refractivity contribution in [1.29, 1.82) is 0 Å². The van der Waals surface area contributed by atoms with E-state index in [1.807, 2.05) is 0 Å². The Bertz CT molecular complexity index is 1060. The number of carbonyl (C=O) groups excluding carboxylic acids is 3. The molecular formula is C18H12ClF2N5O3. The van der Waals surface area contributed by atoms with Gasteiger partial charge in [0.2, 0.25) is 5.91 Å². The molecule has 1 N–H and O–H groups in total. The zero-order valence-corrected chi connectivity index (χ0v) is 15.3. The topological polar surface area (TPSA) is 94.4 Å². The van der Waals surface area contributed by atoms with E-state index >= 15 is 0 Å². The summed E-state index contributed by atoms with van der Waals surface area (Å²) in [7, 11) is 0. The van der Waals surface area contributed by atoms with Gasteiger partial charge in [0.25, 0.3) is 11.8 Å². The number of carbonyl (C=O) groups is 3. The van der Waals surface area contributed by atoms with Crippen LogP contribution >= 0.6 is 11.6 Å². The number of anilines is 2. The van der Waals surface area contributed by atoms with Gasteiger partial charge in [-0.05, 0) is 30.3 Å². The van der Waals surface area contributed by atoms with E-state index in [2.05, 4.69) is 15.7 Å². The molecule has 0 radical (unpaired) electrons. The van der Waals surface area contributed by atoms with Gasteiger partial charge in [-0.3, -0.25) is 19.4 Å². The number of nitrogens with zero attached hydrogens (tertiary/aromatic N) is 4. The van der Waals surface area contributed by atoms with Crippen molar-refractivity contribution in [3.05, 3.63) is 59.1 Å². The summed E-state index contributed by atoms with van der Waals surface area (Å²) in [6, 6.07) is 6.72. The summed E-state index contributed by atoms with van der Waals surface area (Å²) < 4.78 is 26.7. The zero-order chi connectivity index (χ0) is 20.7. The highest BCUT2D eigenvalue weighted by molar-refractivity contribution is 6.31. The molecule has 2 heterocycles. The monoisotopic (exact) mass is 419 g/mol. The number of benzene rings is 2. The van der Waals surface area contributed by atoms with E-state index in [0.717, 1.165) is 22.0 Å². The largest absolute Gasteiger partial charge is 0.322 e. The first-order valence-electron chi connectivity index (χ1n) is 8.41. The van der Waals surface area contributed by atoms with Gasteiger partial charge in [-0.1, -0.05) is 22.9 Å². The summed E-state index contributed by atoms with van der Waals surface area (Å²) in [5, 5.41) is 11.2. The smallest absolute Gasteiger partial charge is 0.263 e. The van der Waals surface area contributed by atoms with Crippen molar-refractivity contribution in [2.24, 2.45) is 10.3 Å². The predicted octanol–water partition coefficient (Wildman–Crippen LogP) is 2.55. The fourth-order valence-electron chi connectivity index (χ4n) is 3.15. The van der Waals surface area contributed by atoms with Crippen molar-refractivity contribution >= 4 is 40.7 Å². The molecule has 0 aromatic heterocycles. The number of fused-ring (bicyclic) bond motifs is 1. The first-order chi connectivity index (χ1) is 13.8. The molecular weight excluding hydrogens is 408 g/mol. The first-order valence-corrected chi connectivity index (χ1v) is 8.78. The van der Waals surface area contributed by atoms with E-state index in [-0.39, 0.29) is 11.4 Å². The summed E-state index contributed by atoms with van der Waals surface area (Å²) >= 11 is 5.93. The zero-order valence-electron chi connectivity index (χ0n) is 14.6. The molecule has 3 amide bonds. The highest BCUT2D eigenvalue weighted by Gasteiger charge is 2.55. The van der Waals surface area contributed by atoms with Gasteiger partial charge in [-0.15, -0.1) is 0 Å². The van der Waals surface area contributed by atoms with Crippen LogP contribution in [-0.2, 0) is 14.4 Å². The highest BCUT2D eigenvalue weighted by atomic mass is 35.5. The van der Waals surface area contributed by atoms with E-state index in [1.165, 1.54) is 6.07 Å². The average Bonchev–Trinajstić information content (AvgIpc) is 3.17. The minimum Gasteiger partial charge on any atom is -0.322 e. The molecule has 0 spiro atoms. The predicted molar refractivity (Wildman–Crippen MR) is 98.1 cm³/mol. The second-order valence-corrected chi connectivity index (χ2v) is 6.79. The van der Waals surface area contributed by atoms with E-state index in [1.54, 1.807) is 18.2 Å². The van der Waals surface area contributed by atoms with Gasteiger partial charge < -0.3 is 5.32 Å². The van der Waals surface area contributed by atoms with Crippen molar-refractivity contribution in [3.63, 3.8) is 0 Å². The van der Waals surface area contributed by atoms with Crippen molar-refractivity contribution in [2.75, 3.05) is 16.8 Å². The Morgan fingerprint density at radius 1 is 1.14 bits per heavy atom. The van der Waals surface area contributed by atoms with Crippen LogP contribution in [0.15, 0.2) is 52.8 Å². The number of nitrogens with one attached hydrogen (secondary N) is 1. The normalized spacial score (nSPS) is 20.4. The molecule has 2 atom stereocenters. The Morgan fingerprint density at radius 3 is 2.66 bits per heavy atom. The molecule has 0 saturated carbocycles. The Balaban J connectivity index is 1.49. The van der Waals surface area contributed by atoms with Gasteiger partial charge in [0.1, 0.15) is 18.2 Å². The highest BCUT2D eigenvalue weighted by Crippen LogP contribution is 2.32. The maximum absolute atomic E-state index is 13.7. The minimum absolute atomic E-state index is 0.224. The molecule has 1 saturated heterocycles. The van der Waals surface area contributed by atoms with E-state index in [9.17, 15) is 23.2 Å². The number of hydrogen-bond acceptors (Lipinski definition) is 6. The molecule has 4 rings (SSSR count). The van der Waals surface area contributed by atoms with Gasteiger partial charge >= 0.3 is 0 Å². The van der Waals surface area contributed by atoms with Gasteiger partial charge in [-0.25, -0.2) is 13.7 Å². The summed E-state index contributed by atoms with van der Waals surface area (Å²) in [5.74, 6) is -3.63. The number of hydrogen-bond donors (Lipinski definition) is 1. The molecule has 0 bridgehead atoms. The third-order valence-electron chi connectivity index (χ3n) is 4.44. The molecule has 2 aromatic rings. The molecule has 148 valence electrons. The molecule has 0 aliphatic carbocycles. The average molecular weight is 420 g/mol. The van der Waals surface area contributed by atoms with Crippen LogP contribution in [0, 0.1) is 11.6 Å². The maximum atomic E-state index is 13.7. The summed E-state index contributed by atoms with van der Waals surface area (Å²) in [4.78, 5) is 38.6. The Morgan fingerprint density at radius 2 is 1.93 bits per heavy atom. The molecule has 2 aromatic carbocycles. The van der Waals surface area contributed by atoms with Crippen molar-refractivity contribution in [3.8, 4) is 0 Å². The summed E-state index contributed by atoms with van der Waals surface area (Å²) in [6.07, 6.45) is 0. The molecule has 2 aliphatic rings. The van der Waals surface area contributed by atoms with Gasteiger partial charge in [0.15, 0.2) is 12.1 Å². The van der Waals surface area contributed by atoms with Crippen LogP contribution in [0.3, 0.4) is 0 Å². The number of amides is 3. The lowest BCUT2D eigenvalue weighted by atomic mass is 10.1. The van der Waals surface area contributed by atoms with Crippen LogP contribution in [0.2, 0.25) is 5.02 Å². The van der Waals surface area contributed by atoms with Gasteiger partial charge in [0, 0.05) is 11.1 Å². The summed E-state index contributed by atoms with van der Waals surface area (Å²) in [5.41, 5.74) is 0.0633. The van der Waals surface area contributed by atoms with Gasteiger partial charge in [-0.2, -0.15) is 5.11 Å². The van der Waals surface area contributed by atoms with Gasteiger partial charge in [0.05, 0.1) is 11.4 Å². The Hall–Kier alpha value is -3.40. The second-order valence-electron chi connectivity index (χ2n) is 6.36. The Kier molecular flexibility index (Phi) is 4.71. The van der Waals surface area contributed by atoms with Crippen LogP contribution in [0.1, 0.15) is 0 Å². The van der Waals surface area contributed by atoms with Crippen LogP contribution in [0.4, 0.5) is 20.2 Å². The molecule has 0 unspecified atom stereocenters. The van der Waals surface area contributed by atoms with Crippen LogP contribution in [0.25, 0.3) is 0 Å². The van der Waals surface area contributed by atoms with Crippen molar-refractivity contribution in [2.45, 2.75) is 12.1 Å². The Labute approximate surface area is 167 Å². The van der Waals surface area contributed by atoms with E-state index in [4.69, 9.17) is 11.6 Å². The fourth-order valence-corrected chi connectivity index (χ4v) is 3.34.